The van der Waals surface area contributed by atoms with Gasteiger partial charge in [0.1, 0.15) is 6.10 Å². The number of ether oxygens (including phenoxy) is 6. The van der Waals surface area contributed by atoms with Crippen molar-refractivity contribution in [2.24, 2.45) is 0 Å². The number of carbonyl (C=O) groups is 2. The summed E-state index contributed by atoms with van der Waals surface area (Å²) in [5.41, 5.74) is -1.40. The van der Waals surface area contributed by atoms with Gasteiger partial charge in [-0.15, -0.1) is 0 Å². The monoisotopic (exact) mass is 652 g/mol. The molecule has 2 unspecified atom stereocenters. The molecule has 250 valence electrons. The lowest BCUT2D eigenvalue weighted by molar-refractivity contribution is -0.153. The van der Waals surface area contributed by atoms with Gasteiger partial charge < -0.3 is 38.5 Å². The van der Waals surface area contributed by atoms with Gasteiger partial charge in [0.05, 0.1) is 65.0 Å². The van der Waals surface area contributed by atoms with Crippen LogP contribution in [0.2, 0.25) is 0 Å². The van der Waals surface area contributed by atoms with E-state index in [4.69, 9.17) is 28.4 Å². The van der Waals surface area contributed by atoms with Gasteiger partial charge in [-0.1, -0.05) is 24.3 Å². The number of nitrogens with one attached hydrogen (secondary N) is 1. The molecule has 1 fully saturated rings. The number of carboxylic acids is 1. The van der Waals surface area contributed by atoms with Gasteiger partial charge in [0, 0.05) is 35.9 Å². The molecule has 2 heterocycles. The summed E-state index contributed by atoms with van der Waals surface area (Å²) in [5, 5.41) is 10.1. The smallest absolute Gasteiger partial charge is 0.417 e. The highest BCUT2D eigenvalue weighted by atomic mass is 19.4. The molecule has 1 aliphatic rings. The number of carbonyl (C=O) groups excluding carboxylic acids is 1. The zero-order valence-corrected chi connectivity index (χ0v) is 25.0. The third kappa shape index (κ3) is 9.50. The van der Waals surface area contributed by atoms with Gasteiger partial charge in [0.25, 0.3) is 5.56 Å². The first-order valence-electron chi connectivity index (χ1n) is 14.5. The number of hydrogen-bond donors (Lipinski definition) is 2. The van der Waals surface area contributed by atoms with Gasteiger partial charge in [-0.3, -0.25) is 9.69 Å². The minimum Gasteiger partial charge on any atom is -0.479 e. The molecular formula is C31H35F3N2O10. The normalized spacial score (nSPS) is 15.8. The van der Waals surface area contributed by atoms with Crippen molar-refractivity contribution in [2.45, 2.75) is 24.8 Å². The molecule has 2 aromatic carbocycles. The number of aromatic amines is 1. The highest BCUT2D eigenvalue weighted by Crippen LogP contribution is 2.37. The summed E-state index contributed by atoms with van der Waals surface area (Å²) in [6.07, 6.45) is -7.57. The van der Waals surface area contributed by atoms with Crippen LogP contribution in [0.4, 0.5) is 23.7 Å². The van der Waals surface area contributed by atoms with Crippen molar-refractivity contribution in [3.63, 3.8) is 0 Å². The third-order valence-corrected chi connectivity index (χ3v) is 7.01. The number of amides is 1. The second-order valence-corrected chi connectivity index (χ2v) is 10.2. The van der Waals surface area contributed by atoms with E-state index in [1.807, 2.05) is 0 Å². The lowest BCUT2D eigenvalue weighted by atomic mass is 10.0. The fourth-order valence-electron chi connectivity index (χ4n) is 4.79. The molecule has 12 nitrogen and oxygen atoms in total. The van der Waals surface area contributed by atoms with Crippen molar-refractivity contribution in [3.8, 4) is 11.3 Å². The maximum absolute atomic E-state index is 13.5. The van der Waals surface area contributed by atoms with Crippen LogP contribution in [0.3, 0.4) is 0 Å². The van der Waals surface area contributed by atoms with Gasteiger partial charge in [-0.05, 0) is 29.7 Å². The minimum absolute atomic E-state index is 0.00298. The second kappa shape index (κ2) is 16.5. The van der Waals surface area contributed by atoms with Crippen LogP contribution in [0.1, 0.15) is 12.0 Å². The number of alkyl halides is 3. The second-order valence-electron chi connectivity index (χ2n) is 10.2. The number of H-pyrrole nitrogens is 1. The van der Waals surface area contributed by atoms with Crippen LogP contribution in [-0.2, 0) is 39.4 Å². The van der Waals surface area contributed by atoms with E-state index in [0.29, 0.717) is 44.1 Å². The molecule has 4 rings (SSSR count). The van der Waals surface area contributed by atoms with Crippen molar-refractivity contribution in [3.05, 3.63) is 64.4 Å². The number of fused-ring (bicyclic) bond motifs is 1. The summed E-state index contributed by atoms with van der Waals surface area (Å²) < 4.78 is 72.3. The van der Waals surface area contributed by atoms with Gasteiger partial charge >= 0.3 is 18.2 Å². The maximum atomic E-state index is 13.5. The molecule has 0 spiro atoms. The fourth-order valence-corrected chi connectivity index (χ4v) is 4.79. The number of cyclic esters (lactones) is 1. The van der Waals surface area contributed by atoms with E-state index in [0.717, 1.165) is 6.07 Å². The molecular weight excluding hydrogens is 617 g/mol. The quantitative estimate of drug-likeness (QED) is 0.193. The number of aliphatic carboxylic acids is 1. The Morgan fingerprint density at radius 1 is 0.978 bits per heavy atom. The zero-order valence-electron chi connectivity index (χ0n) is 25.0. The third-order valence-electron chi connectivity index (χ3n) is 7.01. The summed E-state index contributed by atoms with van der Waals surface area (Å²) in [7, 11) is 1.59. The Morgan fingerprint density at radius 2 is 1.63 bits per heavy atom. The number of hydrogen-bond acceptors (Lipinski definition) is 9. The molecule has 2 atom stereocenters. The molecule has 15 heteroatoms. The number of methoxy groups -OCH3 is 1. The zero-order chi connectivity index (χ0) is 33.1. The molecule has 0 aliphatic carbocycles. The van der Waals surface area contributed by atoms with Crippen molar-refractivity contribution in [2.75, 3.05) is 71.4 Å². The van der Waals surface area contributed by atoms with E-state index in [1.165, 1.54) is 47.4 Å². The molecule has 2 N–H and O–H groups in total. The highest BCUT2D eigenvalue weighted by Gasteiger charge is 2.36. The Kier molecular flexibility index (Phi) is 12.5. The van der Waals surface area contributed by atoms with Crippen LogP contribution in [0, 0.1) is 0 Å². The Balaban J connectivity index is 1.30. The lowest BCUT2D eigenvalue weighted by Crippen LogP contribution is -2.32. The van der Waals surface area contributed by atoms with Gasteiger partial charge in [-0.2, -0.15) is 13.2 Å². The van der Waals surface area contributed by atoms with Crippen molar-refractivity contribution in [1.29, 1.82) is 0 Å². The molecule has 1 aliphatic heterocycles. The predicted molar refractivity (Wildman–Crippen MR) is 159 cm³/mol. The molecule has 1 aromatic heterocycles. The minimum atomic E-state index is -4.62. The van der Waals surface area contributed by atoms with Crippen LogP contribution >= 0.6 is 0 Å². The van der Waals surface area contributed by atoms with Gasteiger partial charge in [0.2, 0.25) is 0 Å². The summed E-state index contributed by atoms with van der Waals surface area (Å²) in [5.74, 6) is -1.23. The first-order valence-corrected chi connectivity index (χ1v) is 14.5. The molecule has 0 radical (unpaired) electrons. The SMILES string of the molecule is COCCOCCOCCOCCOC(CC1CN(c2ccc3cc(-c4ccccc4C(F)(F)F)[nH]c(=O)c3c2)C(=O)O1)C(=O)O. The molecule has 1 saturated heterocycles. The Hall–Kier alpha value is -4.02. The predicted octanol–water partition coefficient (Wildman–Crippen LogP) is 4.10. The standard InChI is InChI=1S/C31H35F3N2O10/c1-41-8-9-42-10-11-43-12-13-44-14-15-45-27(29(38)39)18-22-19-36(30(40)46-22)21-7-6-20-16-26(35-28(37)24(20)17-21)23-4-2-3-5-25(23)31(32,33)34/h2-7,16-17,22,27H,8-15,18-19H2,1H3,(H,35,37)(H,38,39). The number of nitrogens with zero attached hydrogens (tertiary/aromatic N) is 1. The average Bonchev–Trinajstić information content (AvgIpc) is 3.40. The summed E-state index contributed by atoms with van der Waals surface area (Å²) in [6.45, 7) is 2.55. The van der Waals surface area contributed by atoms with Crippen LogP contribution in [0.25, 0.3) is 22.0 Å². The largest absolute Gasteiger partial charge is 0.479 e. The number of halogens is 3. The Morgan fingerprint density at radius 3 is 2.28 bits per heavy atom. The Labute approximate surface area is 261 Å². The number of aromatic nitrogens is 1. The maximum Gasteiger partial charge on any atom is 0.417 e. The van der Waals surface area contributed by atoms with E-state index in [9.17, 15) is 32.7 Å². The highest BCUT2D eigenvalue weighted by molar-refractivity contribution is 5.95. The first kappa shape index (κ1) is 34.8. The molecule has 1 amide bonds. The molecule has 46 heavy (non-hydrogen) atoms. The summed E-state index contributed by atoms with van der Waals surface area (Å²) in [4.78, 5) is 41.2. The van der Waals surface area contributed by atoms with E-state index >= 15 is 0 Å². The lowest BCUT2D eigenvalue weighted by Gasteiger charge is -2.17. The van der Waals surface area contributed by atoms with Crippen molar-refractivity contribution >= 4 is 28.5 Å². The number of anilines is 1. The number of rotatable bonds is 18. The number of pyridine rings is 1. The first-order chi connectivity index (χ1) is 22.1. The van der Waals surface area contributed by atoms with E-state index in [1.54, 1.807) is 7.11 Å². The fraction of sp³-hybridized carbons (Fsp3) is 0.452. The van der Waals surface area contributed by atoms with E-state index in [2.05, 4.69) is 4.98 Å². The molecule has 3 aromatic rings. The van der Waals surface area contributed by atoms with Crippen LogP contribution < -0.4 is 10.5 Å². The van der Waals surface area contributed by atoms with Crippen LogP contribution in [0.15, 0.2) is 53.3 Å². The summed E-state index contributed by atoms with van der Waals surface area (Å²) in [6, 6.07) is 10.8. The Bertz CT molecular complexity index is 1530. The van der Waals surface area contributed by atoms with Crippen molar-refractivity contribution in [1.82, 2.24) is 4.98 Å². The topological polar surface area (TPSA) is 146 Å². The van der Waals surface area contributed by atoms with E-state index in [-0.39, 0.29) is 49.4 Å². The van der Waals surface area contributed by atoms with Crippen LogP contribution in [0.5, 0.6) is 0 Å². The molecule has 0 saturated carbocycles. The van der Waals surface area contributed by atoms with E-state index < -0.39 is 41.6 Å². The molecule has 0 bridgehead atoms. The number of benzene rings is 2. The van der Waals surface area contributed by atoms with Crippen LogP contribution in [-0.4, -0.2) is 101 Å². The van der Waals surface area contributed by atoms with Gasteiger partial charge in [-0.25, -0.2) is 9.59 Å². The average molecular weight is 653 g/mol. The van der Waals surface area contributed by atoms with Gasteiger partial charge in [0.15, 0.2) is 6.10 Å². The summed E-state index contributed by atoms with van der Waals surface area (Å²) >= 11 is 0. The van der Waals surface area contributed by atoms with Crippen molar-refractivity contribution < 1.29 is 56.3 Å². The number of carboxylic acid groups (broad SMARTS) is 1.